The maximum absolute atomic E-state index is 15.7. The molecule has 0 radical (unpaired) electrons. The van der Waals surface area contributed by atoms with Gasteiger partial charge >= 0.3 is 5.97 Å². The van der Waals surface area contributed by atoms with Gasteiger partial charge in [-0.3, -0.25) is 0 Å². The molecule has 18 rings (SSSR count). The van der Waals surface area contributed by atoms with Crippen LogP contribution in [0.2, 0.25) is 0 Å². The molecule has 0 amide bonds. The third-order valence-corrected chi connectivity index (χ3v) is 30.4. The van der Waals surface area contributed by atoms with Gasteiger partial charge in [0.2, 0.25) is 0 Å². The highest BCUT2D eigenvalue weighted by atomic mass is 16.5. The van der Waals surface area contributed by atoms with Crippen molar-refractivity contribution in [2.75, 3.05) is 7.05 Å². The van der Waals surface area contributed by atoms with E-state index in [0.29, 0.717) is 57.3 Å². The van der Waals surface area contributed by atoms with Crippen LogP contribution in [0.15, 0.2) is 78.4 Å². The van der Waals surface area contributed by atoms with E-state index in [4.69, 9.17) is 4.74 Å². The van der Waals surface area contributed by atoms with E-state index in [-0.39, 0.29) is 78.8 Å². The van der Waals surface area contributed by atoms with E-state index in [2.05, 4.69) is 85.6 Å². The summed E-state index contributed by atoms with van der Waals surface area (Å²) in [5, 5.41) is 88.9. The van der Waals surface area contributed by atoms with Crippen LogP contribution in [-0.4, -0.2) is 91.1 Å². The number of rotatable bonds is 6. The fraction of sp³-hybridized carbons (Fsp3) is 0.700. The summed E-state index contributed by atoms with van der Waals surface area (Å²) in [7, 11) is 1.97. The topological polar surface area (TPSA) is 177 Å². The van der Waals surface area contributed by atoms with Gasteiger partial charge in [-0.15, -0.1) is 0 Å². The van der Waals surface area contributed by atoms with Crippen LogP contribution in [0.4, 0.5) is 0 Å². The van der Waals surface area contributed by atoms with Gasteiger partial charge in [0.05, 0.1) is 29.8 Å². The van der Waals surface area contributed by atoms with Crippen molar-refractivity contribution < 1.29 is 45.0 Å². The number of aliphatic hydroxyl groups is 6. The molecule has 0 saturated heterocycles. The van der Waals surface area contributed by atoms with E-state index in [9.17, 15) is 25.2 Å². The summed E-state index contributed by atoms with van der Waals surface area (Å²) >= 11 is 0. The Morgan fingerprint density at radius 1 is 0.767 bits per heavy atom. The van der Waals surface area contributed by atoms with Gasteiger partial charge in [-0.05, 0) is 239 Å². The standard InChI is InChI=1S/C80H103NO9/c1-4-60-54-17-10-13-49(35-54)21-22-50-25-33-74(41-50)46-77(47-83)67-28-34-76-45-73(32-27-59(43-73)75(29-8-5-9-30-75)58-20-12-18-55(60)36-58)31-26-52-16-11-19-56(44-82)61(52)39-66(81-3)62-37-57(69(76)63-40-68(84)90-70(62)63)42-78(76,87)80(67,89)72(86)65-38-53(48(2)51-14-6-7-15-51)23-24-64(71(74)85)79(65,77)88/h10-13,16-20,35-36,40,47-48,50-51,53,57,59-60,62,64-67,69-72,81-82,85-89H,4-9,14-15,21-25,27-30,32-34,37-39,41-46H2,1-3H3. The van der Waals surface area contributed by atoms with Gasteiger partial charge in [0.1, 0.15) is 23.6 Å². The zero-order chi connectivity index (χ0) is 62.0. The van der Waals surface area contributed by atoms with Gasteiger partial charge < -0.3 is 45.5 Å². The Morgan fingerprint density at radius 2 is 1.56 bits per heavy atom. The summed E-state index contributed by atoms with van der Waals surface area (Å²) in [5.74, 6) is 5.56. The average molecular weight is 1220 g/mol. The lowest BCUT2D eigenvalue weighted by molar-refractivity contribution is -0.385. The van der Waals surface area contributed by atoms with E-state index in [0.717, 1.165) is 118 Å². The van der Waals surface area contributed by atoms with E-state index in [1.165, 1.54) is 41.5 Å². The maximum Gasteiger partial charge on any atom is 0.331 e. The number of likely N-dealkylation sites (N-methyl/N-ethyl adjacent to an activating group) is 1. The maximum atomic E-state index is 15.7. The highest BCUT2D eigenvalue weighted by molar-refractivity contribution is 5.86. The van der Waals surface area contributed by atoms with Crippen molar-refractivity contribution in [2.24, 2.45) is 86.8 Å². The lowest BCUT2D eigenvalue weighted by Gasteiger charge is -2.75. The second-order valence-corrected chi connectivity index (χ2v) is 33.4. The molecule has 90 heavy (non-hydrogen) atoms. The SMILES string of the molecule is CCC1c2cccc(c2)CCC2CCC3(C2)CC2(C=O)C4CCC56CC7(C#Cc8cccc(CO)c8CC(NC)C8CC(CC5(O)C4(O)C(O)C4CC(C(C)C5CCCC5)CCC(C3O)C42O)C6C2=CC(=O)OC28)CCC(C7)C2(CCCCC2)c2cccc1c2. The Bertz CT molecular complexity index is 3410. The van der Waals surface area contributed by atoms with Gasteiger partial charge in [0, 0.05) is 58.1 Å². The van der Waals surface area contributed by atoms with Crippen molar-refractivity contribution in [3.8, 4) is 11.8 Å². The van der Waals surface area contributed by atoms with Gasteiger partial charge in [-0.1, -0.05) is 131 Å². The molecule has 3 aromatic carbocycles. The summed E-state index contributed by atoms with van der Waals surface area (Å²) in [5.41, 5.74) is -1.52. The number of aryl methyl sites for hydroxylation is 1. The van der Waals surface area contributed by atoms with Gasteiger partial charge in [-0.25, -0.2) is 4.79 Å². The molecule has 10 fully saturated rings. The molecule has 14 aliphatic carbocycles. The van der Waals surface area contributed by atoms with E-state index in [1.807, 2.05) is 19.2 Å². The smallest absolute Gasteiger partial charge is 0.331 e. The zero-order valence-corrected chi connectivity index (χ0v) is 54.2. The molecule has 4 spiro atoms. The molecule has 482 valence electrons. The highest BCUT2D eigenvalue weighted by Gasteiger charge is 2.87. The molecule has 10 saturated carbocycles. The molecule has 10 heteroatoms. The number of esters is 1. The van der Waals surface area contributed by atoms with Crippen molar-refractivity contribution in [1.29, 1.82) is 0 Å². The fourth-order valence-electron chi connectivity index (χ4n) is 26.6. The summed E-state index contributed by atoms with van der Waals surface area (Å²) in [6, 6.07) is 24.9. The number of benzene rings is 3. The minimum absolute atomic E-state index is 0.0590. The summed E-state index contributed by atoms with van der Waals surface area (Å²) in [4.78, 5) is 30.1. The van der Waals surface area contributed by atoms with Crippen molar-refractivity contribution >= 4 is 12.3 Å². The number of aldehydes is 1. The Labute approximate surface area is 535 Å². The monoisotopic (exact) mass is 1220 g/mol. The van der Waals surface area contributed by atoms with Crippen LogP contribution in [0.1, 0.15) is 226 Å². The molecule has 15 bridgehead atoms. The quantitative estimate of drug-likeness (QED) is 0.0714. The lowest BCUT2D eigenvalue weighted by Crippen LogP contribution is -2.86. The van der Waals surface area contributed by atoms with Crippen LogP contribution in [0.5, 0.6) is 0 Å². The molecule has 10 nitrogen and oxygen atoms in total. The first-order valence-electron chi connectivity index (χ1n) is 36.5. The molecule has 0 aromatic heterocycles. The van der Waals surface area contributed by atoms with E-state index in [1.54, 1.807) is 6.08 Å². The van der Waals surface area contributed by atoms with Gasteiger partial charge in [-0.2, -0.15) is 0 Å². The Morgan fingerprint density at radius 3 is 2.33 bits per heavy atom. The Kier molecular flexibility index (Phi) is 14.8. The number of ether oxygens (including phenoxy) is 1. The molecule has 22 atom stereocenters. The van der Waals surface area contributed by atoms with Crippen molar-refractivity contribution in [3.63, 3.8) is 0 Å². The second-order valence-electron chi connectivity index (χ2n) is 33.4. The number of nitrogens with one attached hydrogen (secondary N) is 1. The van der Waals surface area contributed by atoms with Crippen molar-refractivity contribution in [3.05, 3.63) is 117 Å². The Hall–Kier alpha value is -4.18. The molecule has 1 aliphatic heterocycles. The molecular formula is C80H103NO9. The lowest BCUT2D eigenvalue weighted by atomic mass is 9.32. The van der Waals surface area contributed by atoms with Crippen LogP contribution in [0, 0.1) is 98.6 Å². The number of aliphatic hydroxyl groups excluding tert-OH is 3. The predicted molar refractivity (Wildman–Crippen MR) is 346 cm³/mol. The van der Waals surface area contributed by atoms with Crippen LogP contribution in [-0.2, 0) is 39.2 Å². The molecular weight excluding hydrogens is 1120 g/mol. The molecule has 7 N–H and O–H groups in total. The normalized spacial score (nSPS) is 45.7. The van der Waals surface area contributed by atoms with Crippen molar-refractivity contribution in [1.82, 2.24) is 5.32 Å². The van der Waals surface area contributed by atoms with Crippen LogP contribution in [0.25, 0.3) is 0 Å². The van der Waals surface area contributed by atoms with E-state index >= 15 is 15.0 Å². The first-order valence-corrected chi connectivity index (χ1v) is 36.5. The third-order valence-electron chi connectivity index (χ3n) is 30.4. The molecule has 1 heterocycles. The number of fused-ring (bicyclic) bond motifs is 3. The minimum Gasteiger partial charge on any atom is -0.454 e. The third kappa shape index (κ3) is 8.39. The first kappa shape index (κ1) is 60.7. The van der Waals surface area contributed by atoms with Crippen LogP contribution < -0.4 is 5.32 Å². The first-order chi connectivity index (χ1) is 43.5. The van der Waals surface area contributed by atoms with Crippen LogP contribution >= 0.6 is 0 Å². The fourth-order valence-corrected chi connectivity index (χ4v) is 26.6. The average Bonchev–Trinajstić information content (AvgIpc) is 1.24. The summed E-state index contributed by atoms with van der Waals surface area (Å²) < 4.78 is 6.63. The predicted octanol–water partition coefficient (Wildman–Crippen LogP) is 12.3. The molecule has 15 aliphatic rings. The molecule has 3 aromatic rings. The Balaban J connectivity index is 0.946. The largest absolute Gasteiger partial charge is 0.454 e. The minimum atomic E-state index is -2.29. The van der Waals surface area contributed by atoms with Gasteiger partial charge in [0.15, 0.2) is 0 Å². The highest BCUT2D eigenvalue weighted by Crippen LogP contribution is 2.81. The van der Waals surface area contributed by atoms with Gasteiger partial charge in [0.25, 0.3) is 0 Å². The van der Waals surface area contributed by atoms with Crippen molar-refractivity contribution in [2.45, 2.75) is 253 Å². The zero-order valence-electron chi connectivity index (χ0n) is 54.2. The van der Waals surface area contributed by atoms with E-state index < -0.39 is 86.4 Å². The number of carbonyl (C=O) groups is 2. The summed E-state index contributed by atoms with van der Waals surface area (Å²) in [6.07, 6.45) is 21.7. The molecule has 22 unspecified atom stereocenters. The number of hydrogen-bond donors (Lipinski definition) is 7. The number of hydrogen-bond acceptors (Lipinski definition) is 10. The number of carbonyl (C=O) groups excluding carboxylic acids is 2. The summed E-state index contributed by atoms with van der Waals surface area (Å²) in [6.45, 7) is 4.56. The van der Waals surface area contributed by atoms with Crippen LogP contribution in [0.3, 0.4) is 0 Å². The second kappa shape index (κ2) is 21.9.